The maximum absolute atomic E-state index is 11.3. The fourth-order valence-electron chi connectivity index (χ4n) is 5.04. The van der Waals surface area contributed by atoms with Crippen LogP contribution < -0.4 is 22.9 Å². The van der Waals surface area contributed by atoms with Crippen molar-refractivity contribution in [1.82, 2.24) is 14.9 Å². The SMILES string of the molecule is CN1C2CCC1CC(OC(c1ccccc1)c1ccccc1)C2.Cl.NC(N)=NC(=O)c1nc(Cl)c(N)nc1N.O=S(=O)(O)O. The Morgan fingerprint density at radius 2 is 1.41 bits per heavy atom. The van der Waals surface area contributed by atoms with Crippen LogP contribution in [0.5, 0.6) is 0 Å². The number of nitrogen functional groups attached to an aromatic ring is 2. The monoisotopic (exact) mass is 670 g/mol. The molecule has 0 radical (unpaired) electrons. The zero-order chi connectivity index (χ0) is 31.7. The third-order valence-electron chi connectivity index (χ3n) is 6.93. The first kappa shape index (κ1) is 36.6. The summed E-state index contributed by atoms with van der Waals surface area (Å²) in [6.07, 6.45) is 5.43. The molecule has 3 aromatic rings. The molecule has 17 heteroatoms. The summed E-state index contributed by atoms with van der Waals surface area (Å²) in [7, 11) is -2.38. The number of hydrogen-bond donors (Lipinski definition) is 6. The van der Waals surface area contributed by atoms with Gasteiger partial charge in [-0.05, 0) is 43.9 Å². The molecule has 2 bridgehead atoms. The molecule has 2 fully saturated rings. The van der Waals surface area contributed by atoms with Gasteiger partial charge in [0, 0.05) is 12.1 Å². The van der Waals surface area contributed by atoms with E-state index in [-0.39, 0.29) is 41.0 Å². The predicted octanol–water partition coefficient (Wildman–Crippen LogP) is 2.89. The molecule has 2 atom stereocenters. The predicted molar refractivity (Wildman–Crippen MR) is 171 cm³/mol. The highest BCUT2D eigenvalue weighted by atomic mass is 35.5. The van der Waals surface area contributed by atoms with Crippen LogP contribution in [0.25, 0.3) is 0 Å². The lowest BCUT2D eigenvalue weighted by atomic mass is 9.97. The number of carbonyl (C=O) groups excluding carboxylic acids is 1. The van der Waals surface area contributed by atoms with E-state index in [1.807, 2.05) is 0 Å². The normalized spacial score (nSPS) is 19.0. The summed E-state index contributed by atoms with van der Waals surface area (Å²) in [4.78, 5) is 24.3. The zero-order valence-electron chi connectivity index (χ0n) is 23.7. The molecule has 0 aliphatic carbocycles. The van der Waals surface area contributed by atoms with Gasteiger partial charge in [-0.3, -0.25) is 13.9 Å². The summed E-state index contributed by atoms with van der Waals surface area (Å²) in [6, 6.07) is 22.7. The summed E-state index contributed by atoms with van der Waals surface area (Å²) < 4.78 is 38.2. The number of rotatable bonds is 5. The fourth-order valence-corrected chi connectivity index (χ4v) is 5.17. The maximum atomic E-state index is 11.3. The van der Waals surface area contributed by atoms with Crippen LogP contribution >= 0.6 is 24.0 Å². The number of halogens is 2. The van der Waals surface area contributed by atoms with E-state index >= 15 is 0 Å². The molecule has 3 heterocycles. The topological polar surface area (TPSA) is 246 Å². The molecule has 0 saturated carbocycles. The quantitative estimate of drug-likeness (QED) is 0.130. The van der Waals surface area contributed by atoms with Gasteiger partial charge in [0.25, 0.3) is 0 Å². The Bertz CT molecular complexity index is 1450. The van der Waals surface area contributed by atoms with Crippen molar-refractivity contribution >= 4 is 57.9 Å². The van der Waals surface area contributed by atoms with Crippen LogP contribution in [0.1, 0.15) is 53.4 Å². The maximum Gasteiger partial charge on any atom is 0.394 e. The number of aromatic nitrogens is 2. The molecular weight excluding hydrogens is 635 g/mol. The summed E-state index contributed by atoms with van der Waals surface area (Å²) in [5, 5.41) is -0.140. The van der Waals surface area contributed by atoms with E-state index in [0.29, 0.717) is 18.2 Å². The van der Waals surface area contributed by atoms with Crippen molar-refractivity contribution in [3.05, 3.63) is 82.6 Å². The summed E-state index contributed by atoms with van der Waals surface area (Å²) in [5.41, 5.74) is 23.0. The molecule has 1 amide bonds. The number of anilines is 2. The van der Waals surface area contributed by atoms with Crippen molar-refractivity contribution in [1.29, 1.82) is 0 Å². The van der Waals surface area contributed by atoms with E-state index in [0.717, 1.165) is 0 Å². The molecular formula is C27H36Cl2N8O6S. The van der Waals surface area contributed by atoms with Gasteiger partial charge < -0.3 is 32.6 Å². The first-order valence-corrected chi connectivity index (χ1v) is 14.9. The van der Waals surface area contributed by atoms with Crippen molar-refractivity contribution in [2.45, 2.75) is 50.0 Å². The van der Waals surface area contributed by atoms with Gasteiger partial charge in [-0.15, -0.1) is 12.4 Å². The van der Waals surface area contributed by atoms with Crippen LogP contribution in [0.2, 0.25) is 5.15 Å². The second-order valence-corrected chi connectivity index (χ2v) is 11.2. The number of nitrogens with zero attached hydrogens (tertiary/aromatic N) is 4. The van der Waals surface area contributed by atoms with Gasteiger partial charge in [0.05, 0.1) is 6.10 Å². The highest BCUT2D eigenvalue weighted by Gasteiger charge is 2.39. The smallest absolute Gasteiger partial charge is 0.382 e. The standard InChI is InChI=1S/C21H25NO.C6H8ClN7O.ClH.H2O4S/c1-22-18-12-13-19(22)15-20(14-18)23-21(16-8-4-2-5-9-16)17-10-6-3-7-11-17;7-2-4(9)13-3(8)1(12-2)5(15)14-6(10)11;;1-5(2,3)4/h2-11,18-21H,12-15H2,1H3;(H4,8,9,13)(H4,10,11,14,15);1H;(H2,1,2,3,4). The van der Waals surface area contributed by atoms with E-state index in [1.54, 1.807) is 0 Å². The molecule has 10 N–H and O–H groups in total. The van der Waals surface area contributed by atoms with Gasteiger partial charge in [-0.25, -0.2) is 9.97 Å². The number of guanidine groups is 1. The van der Waals surface area contributed by atoms with Crippen LogP contribution in [-0.2, 0) is 15.1 Å². The Morgan fingerprint density at radius 1 is 0.955 bits per heavy atom. The van der Waals surface area contributed by atoms with Crippen LogP contribution in [0.4, 0.5) is 11.6 Å². The Labute approximate surface area is 266 Å². The lowest BCUT2D eigenvalue weighted by Crippen LogP contribution is -2.43. The van der Waals surface area contributed by atoms with Crippen LogP contribution in [0.3, 0.4) is 0 Å². The van der Waals surface area contributed by atoms with Gasteiger partial charge in [0.2, 0.25) is 0 Å². The van der Waals surface area contributed by atoms with Gasteiger partial charge >= 0.3 is 16.3 Å². The number of fused-ring (bicyclic) bond motifs is 2. The number of piperidine rings is 1. The van der Waals surface area contributed by atoms with Crippen LogP contribution in [0.15, 0.2) is 65.7 Å². The summed E-state index contributed by atoms with van der Waals surface area (Å²) in [6.45, 7) is 0. The highest BCUT2D eigenvalue weighted by Crippen LogP contribution is 2.38. The number of benzene rings is 2. The number of carbonyl (C=O) groups is 1. The third-order valence-corrected chi connectivity index (χ3v) is 7.20. The van der Waals surface area contributed by atoms with Crippen molar-refractivity contribution in [3.8, 4) is 0 Å². The molecule has 14 nitrogen and oxygen atoms in total. The molecule has 2 aromatic carbocycles. The molecule has 2 aliphatic rings. The van der Waals surface area contributed by atoms with Crippen molar-refractivity contribution in [2.24, 2.45) is 16.5 Å². The number of aliphatic imine (C=N–C) groups is 1. The Balaban J connectivity index is 0.000000279. The lowest BCUT2D eigenvalue weighted by Gasteiger charge is -2.38. The molecule has 0 spiro atoms. The van der Waals surface area contributed by atoms with E-state index < -0.39 is 22.3 Å². The van der Waals surface area contributed by atoms with Crippen LogP contribution in [-0.4, -0.2) is 69.5 Å². The number of ether oxygens (including phenoxy) is 1. The first-order valence-electron chi connectivity index (χ1n) is 13.1. The highest BCUT2D eigenvalue weighted by molar-refractivity contribution is 7.79. The van der Waals surface area contributed by atoms with E-state index in [2.05, 4.69) is 87.6 Å². The molecule has 2 aliphatic heterocycles. The Hall–Kier alpha value is -3.57. The minimum Gasteiger partial charge on any atom is -0.382 e. The van der Waals surface area contributed by atoms with Gasteiger partial charge in [-0.1, -0.05) is 72.3 Å². The van der Waals surface area contributed by atoms with E-state index in [9.17, 15) is 4.79 Å². The Morgan fingerprint density at radius 3 is 1.84 bits per heavy atom. The second-order valence-electron chi connectivity index (χ2n) is 9.90. The average Bonchev–Trinajstić information content (AvgIpc) is 3.13. The van der Waals surface area contributed by atoms with Gasteiger partial charge in [-0.2, -0.15) is 13.4 Å². The summed E-state index contributed by atoms with van der Waals surface area (Å²) in [5.74, 6) is -1.50. The van der Waals surface area contributed by atoms with Crippen molar-refractivity contribution < 1.29 is 27.1 Å². The molecule has 1 aromatic heterocycles. The molecule has 44 heavy (non-hydrogen) atoms. The molecule has 2 saturated heterocycles. The number of nitrogens with two attached hydrogens (primary N) is 4. The third kappa shape index (κ3) is 11.2. The Kier molecular flexibility index (Phi) is 13.7. The van der Waals surface area contributed by atoms with Gasteiger partial charge in [0.1, 0.15) is 6.10 Å². The number of hydrogen-bond acceptors (Lipinski definition) is 9. The van der Waals surface area contributed by atoms with Crippen LogP contribution in [0, 0.1) is 0 Å². The zero-order valence-corrected chi connectivity index (χ0v) is 26.1. The average molecular weight is 672 g/mol. The van der Waals surface area contributed by atoms with E-state index in [1.165, 1.54) is 36.8 Å². The van der Waals surface area contributed by atoms with Crippen molar-refractivity contribution in [2.75, 3.05) is 18.5 Å². The molecule has 240 valence electrons. The number of amides is 1. The van der Waals surface area contributed by atoms with Gasteiger partial charge in [0.15, 0.2) is 28.4 Å². The minimum atomic E-state index is -4.67. The lowest BCUT2D eigenvalue weighted by molar-refractivity contribution is -0.0426. The van der Waals surface area contributed by atoms with Crippen molar-refractivity contribution in [3.63, 3.8) is 0 Å². The molecule has 5 rings (SSSR count). The molecule has 2 unspecified atom stereocenters. The minimum absolute atomic E-state index is 0. The summed E-state index contributed by atoms with van der Waals surface area (Å²) >= 11 is 5.55. The fraction of sp³-hybridized carbons (Fsp3) is 0.333. The second kappa shape index (κ2) is 16.5. The first-order chi connectivity index (χ1) is 20.2. The van der Waals surface area contributed by atoms with E-state index in [4.69, 9.17) is 56.8 Å². The largest absolute Gasteiger partial charge is 0.394 e.